The Kier molecular flexibility index (Phi) is 10.0. The van der Waals surface area contributed by atoms with Gasteiger partial charge in [0.25, 0.3) is 0 Å². The van der Waals surface area contributed by atoms with E-state index in [1.165, 1.54) is 19.3 Å². The zero-order valence-corrected chi connectivity index (χ0v) is 21.6. The van der Waals surface area contributed by atoms with Gasteiger partial charge >= 0.3 is 0 Å². The first-order valence-electron chi connectivity index (χ1n) is 13.9. The monoisotopic (exact) mass is 498 g/mol. The molecule has 2 fully saturated rings. The number of unbranched alkanes of at least 4 members (excludes halogenated alkanes) is 5. The molecule has 1 saturated heterocycles. The third-order valence-corrected chi connectivity index (χ3v) is 7.50. The maximum Gasteiger partial charge on any atom is 0.246 e. The summed E-state index contributed by atoms with van der Waals surface area (Å²) in [6.07, 6.45) is 13.4. The molecule has 0 spiro atoms. The van der Waals surface area contributed by atoms with E-state index in [1.54, 1.807) is 0 Å². The van der Waals surface area contributed by atoms with Gasteiger partial charge in [-0.25, -0.2) is 4.99 Å². The molecule has 0 radical (unpaired) electrons. The maximum absolute atomic E-state index is 13.1. The first-order chi connectivity index (χ1) is 17.7. The highest BCUT2D eigenvalue weighted by molar-refractivity contribution is 6.05. The van der Waals surface area contributed by atoms with E-state index in [-0.39, 0.29) is 12.5 Å². The number of fused-ring (bicyclic) bond motifs is 2. The van der Waals surface area contributed by atoms with Crippen molar-refractivity contribution in [3.8, 4) is 5.75 Å². The molecule has 1 aliphatic carbocycles. The third-order valence-electron chi connectivity index (χ3n) is 7.50. The number of hydrogen-bond acceptors (Lipinski definition) is 6. The van der Waals surface area contributed by atoms with Gasteiger partial charge in [0.2, 0.25) is 17.8 Å². The van der Waals surface area contributed by atoms with Gasteiger partial charge in [-0.3, -0.25) is 14.9 Å². The molecule has 0 aromatic heterocycles. The number of amides is 2. The zero-order chi connectivity index (χ0) is 25.2. The summed E-state index contributed by atoms with van der Waals surface area (Å²) < 4.78 is 6.10. The van der Waals surface area contributed by atoms with Gasteiger partial charge in [-0.05, 0) is 57.1 Å². The minimum Gasteiger partial charge on any atom is -0.493 e. The number of nitrogens with one attached hydrogen (secondary N) is 1. The topological polar surface area (TPSA) is 94.5 Å². The second-order valence-corrected chi connectivity index (χ2v) is 10.3. The van der Waals surface area contributed by atoms with Crippen LogP contribution in [-0.2, 0) is 16.1 Å². The molecule has 0 unspecified atom stereocenters. The number of carbonyl (C=O) groups is 2. The molecule has 8 nitrogen and oxygen atoms in total. The molecule has 2 heterocycles. The Labute approximate surface area is 215 Å². The molecule has 0 atom stereocenters. The lowest BCUT2D eigenvalue weighted by Crippen LogP contribution is -2.42. The normalized spacial score (nSPS) is 17.3. The molecule has 4 rings (SSSR count). The van der Waals surface area contributed by atoms with Crippen molar-refractivity contribution in [2.45, 2.75) is 96.1 Å². The van der Waals surface area contributed by atoms with Gasteiger partial charge in [-0.2, -0.15) is 0 Å². The molecule has 198 valence electrons. The van der Waals surface area contributed by atoms with Crippen molar-refractivity contribution in [2.75, 3.05) is 26.3 Å². The molecule has 1 saturated carbocycles. The van der Waals surface area contributed by atoms with E-state index in [9.17, 15) is 9.59 Å². The maximum atomic E-state index is 13.1. The lowest BCUT2D eigenvalue weighted by atomic mass is 9.93. The number of ether oxygens (including phenoxy) is 1. The van der Waals surface area contributed by atoms with Crippen molar-refractivity contribution >= 4 is 23.5 Å². The van der Waals surface area contributed by atoms with Crippen molar-refractivity contribution in [3.63, 3.8) is 0 Å². The van der Waals surface area contributed by atoms with E-state index >= 15 is 0 Å². The number of hydrogen-bond donors (Lipinski definition) is 2. The van der Waals surface area contributed by atoms with Crippen molar-refractivity contribution in [2.24, 2.45) is 4.99 Å². The van der Waals surface area contributed by atoms with E-state index in [2.05, 4.69) is 15.2 Å². The van der Waals surface area contributed by atoms with Crippen LogP contribution in [0.4, 0.5) is 5.69 Å². The van der Waals surface area contributed by atoms with Crippen LogP contribution in [0.5, 0.6) is 5.75 Å². The summed E-state index contributed by atoms with van der Waals surface area (Å²) in [6.45, 7) is 2.68. The van der Waals surface area contributed by atoms with Crippen LogP contribution < -0.4 is 10.1 Å². The van der Waals surface area contributed by atoms with Crippen molar-refractivity contribution in [1.82, 2.24) is 15.1 Å². The molecule has 2 aliphatic heterocycles. The lowest BCUT2D eigenvalue weighted by Gasteiger charge is -2.34. The van der Waals surface area contributed by atoms with E-state index in [1.807, 2.05) is 23.1 Å². The Hall–Kier alpha value is -2.61. The number of aliphatic imine (C=N–C) groups is 1. The number of guanidine groups is 1. The fourth-order valence-corrected chi connectivity index (χ4v) is 5.51. The molecular weight excluding hydrogens is 456 g/mol. The molecule has 3 aliphatic rings. The summed E-state index contributed by atoms with van der Waals surface area (Å²) in [6, 6.07) is 6.28. The lowest BCUT2D eigenvalue weighted by molar-refractivity contribution is -0.134. The Morgan fingerprint density at radius 3 is 2.69 bits per heavy atom. The largest absolute Gasteiger partial charge is 0.493 e. The number of nitrogens with zero attached hydrogens (tertiary/aromatic N) is 3. The van der Waals surface area contributed by atoms with Crippen LogP contribution in [0.15, 0.2) is 23.2 Å². The SMILES string of the molecule is O=C1CN2Cc3c(cccc3OCCCCCC(=O)N(CCCCCCO)C3CCCCC3)N=C2N1. The van der Waals surface area contributed by atoms with E-state index < -0.39 is 0 Å². The number of benzene rings is 1. The summed E-state index contributed by atoms with van der Waals surface area (Å²) in [4.78, 5) is 33.5. The Morgan fingerprint density at radius 1 is 1.06 bits per heavy atom. The molecular formula is C28H42N4O4. The number of rotatable bonds is 14. The predicted molar refractivity (Wildman–Crippen MR) is 140 cm³/mol. The predicted octanol–water partition coefficient (Wildman–Crippen LogP) is 4.27. The molecule has 2 N–H and O–H groups in total. The quantitative estimate of drug-likeness (QED) is 0.374. The second-order valence-electron chi connectivity index (χ2n) is 10.3. The van der Waals surface area contributed by atoms with Gasteiger partial charge in [0.1, 0.15) is 12.3 Å². The first-order valence-corrected chi connectivity index (χ1v) is 13.9. The molecule has 0 bridgehead atoms. The Balaban J connectivity index is 1.18. The number of aliphatic hydroxyl groups excluding tert-OH is 1. The molecule has 36 heavy (non-hydrogen) atoms. The van der Waals surface area contributed by atoms with Crippen LogP contribution in [0.2, 0.25) is 0 Å². The van der Waals surface area contributed by atoms with Crippen LogP contribution in [0.1, 0.15) is 89.0 Å². The summed E-state index contributed by atoms with van der Waals surface area (Å²) in [7, 11) is 0. The molecule has 1 aromatic rings. The summed E-state index contributed by atoms with van der Waals surface area (Å²) >= 11 is 0. The van der Waals surface area contributed by atoms with E-state index in [0.29, 0.717) is 44.0 Å². The Bertz CT molecular complexity index is 913. The second kappa shape index (κ2) is 13.6. The average molecular weight is 499 g/mol. The van der Waals surface area contributed by atoms with Crippen LogP contribution in [0.3, 0.4) is 0 Å². The van der Waals surface area contributed by atoms with Crippen molar-refractivity contribution < 1.29 is 19.4 Å². The van der Waals surface area contributed by atoms with Gasteiger partial charge in [0.15, 0.2) is 0 Å². The zero-order valence-electron chi connectivity index (χ0n) is 21.6. The molecule has 1 aromatic carbocycles. The van der Waals surface area contributed by atoms with Gasteiger partial charge in [0, 0.05) is 31.2 Å². The summed E-state index contributed by atoms with van der Waals surface area (Å²) in [5.74, 6) is 1.74. The van der Waals surface area contributed by atoms with Crippen LogP contribution >= 0.6 is 0 Å². The Morgan fingerprint density at radius 2 is 1.86 bits per heavy atom. The van der Waals surface area contributed by atoms with E-state index in [4.69, 9.17) is 9.84 Å². The van der Waals surface area contributed by atoms with Gasteiger partial charge in [-0.15, -0.1) is 0 Å². The van der Waals surface area contributed by atoms with Crippen LogP contribution in [0.25, 0.3) is 0 Å². The standard InChI is InChI=1S/C28H42N4O4/c33-18-9-2-1-8-17-32(22-12-5-3-6-13-22)27(35)16-7-4-10-19-36-25-15-11-14-24-23(25)20-31-21-26(34)30-28(31)29-24/h11,14-15,22,33H,1-10,12-13,16-21H2,(H,29,30,34). The van der Waals surface area contributed by atoms with E-state index in [0.717, 1.165) is 81.3 Å². The molecule has 2 amide bonds. The summed E-state index contributed by atoms with van der Waals surface area (Å²) in [5.41, 5.74) is 1.88. The fraction of sp³-hybridized carbons (Fsp3) is 0.679. The molecule has 8 heteroatoms. The van der Waals surface area contributed by atoms with Crippen LogP contribution in [-0.4, -0.2) is 65.0 Å². The van der Waals surface area contributed by atoms with Crippen LogP contribution in [0, 0.1) is 0 Å². The number of carbonyl (C=O) groups excluding carboxylic acids is 2. The van der Waals surface area contributed by atoms with Gasteiger partial charge in [0.05, 0.1) is 18.8 Å². The highest BCUT2D eigenvalue weighted by Crippen LogP contribution is 2.34. The van der Waals surface area contributed by atoms with Crippen molar-refractivity contribution in [3.05, 3.63) is 23.8 Å². The average Bonchev–Trinajstić information content (AvgIpc) is 3.26. The van der Waals surface area contributed by atoms with Gasteiger partial charge < -0.3 is 19.6 Å². The fourth-order valence-electron chi connectivity index (χ4n) is 5.51. The number of aliphatic hydroxyl groups is 1. The first kappa shape index (κ1) is 26.5. The highest BCUT2D eigenvalue weighted by atomic mass is 16.5. The van der Waals surface area contributed by atoms with Gasteiger partial charge in [-0.1, -0.05) is 38.2 Å². The highest BCUT2D eigenvalue weighted by Gasteiger charge is 2.30. The summed E-state index contributed by atoms with van der Waals surface area (Å²) in [5, 5.41) is 11.8. The smallest absolute Gasteiger partial charge is 0.246 e. The van der Waals surface area contributed by atoms with Crippen molar-refractivity contribution in [1.29, 1.82) is 0 Å². The third kappa shape index (κ3) is 7.21. The minimum atomic E-state index is -0.0256. The minimum absolute atomic E-state index is 0.0256.